The van der Waals surface area contributed by atoms with Crippen LogP contribution in [-0.2, 0) is 15.3 Å². The molecule has 0 fully saturated rings. The molecule has 0 amide bonds. The summed E-state index contributed by atoms with van der Waals surface area (Å²) in [6, 6.07) is 10.8. The highest BCUT2D eigenvalue weighted by Crippen LogP contribution is 2.26. The standard InChI is InChI=1S/C21H26N2O3S2/c1-14-10-15(2)23-20(19(14)11-22)27-12-17(24)13-28(25,26)18-8-6-16(7-9-18)21(3,4)5/h6-10,17,24H,12-13H2,1-5H3/t17-/m0/s1. The van der Waals surface area contributed by atoms with E-state index in [-0.39, 0.29) is 21.8 Å². The smallest absolute Gasteiger partial charge is 0.180 e. The molecule has 1 atom stereocenters. The second-order valence-corrected chi connectivity index (χ2v) is 10.9. The number of pyridine rings is 1. The Morgan fingerprint density at radius 2 is 1.82 bits per heavy atom. The van der Waals surface area contributed by atoms with Gasteiger partial charge < -0.3 is 5.11 Å². The number of aliphatic hydroxyl groups is 1. The first-order valence-corrected chi connectivity index (χ1v) is 11.6. The Labute approximate surface area is 171 Å². The number of sulfone groups is 1. The van der Waals surface area contributed by atoms with Crippen LogP contribution in [0.1, 0.15) is 43.2 Å². The second-order valence-electron chi connectivity index (χ2n) is 7.89. The Morgan fingerprint density at radius 1 is 1.21 bits per heavy atom. The largest absolute Gasteiger partial charge is 0.391 e. The molecule has 5 nitrogen and oxygen atoms in total. The average Bonchev–Trinajstić information content (AvgIpc) is 2.58. The van der Waals surface area contributed by atoms with Gasteiger partial charge in [-0.1, -0.05) is 32.9 Å². The van der Waals surface area contributed by atoms with Crippen molar-refractivity contribution in [2.75, 3.05) is 11.5 Å². The van der Waals surface area contributed by atoms with Gasteiger partial charge in [-0.25, -0.2) is 13.4 Å². The summed E-state index contributed by atoms with van der Waals surface area (Å²) in [5.74, 6) is -0.231. The van der Waals surface area contributed by atoms with E-state index in [0.29, 0.717) is 10.6 Å². The molecule has 2 aromatic rings. The van der Waals surface area contributed by atoms with Gasteiger partial charge in [0.2, 0.25) is 0 Å². The van der Waals surface area contributed by atoms with E-state index in [9.17, 15) is 18.8 Å². The first-order valence-electron chi connectivity index (χ1n) is 8.96. The molecule has 0 saturated heterocycles. The maximum atomic E-state index is 12.6. The lowest BCUT2D eigenvalue weighted by atomic mass is 9.87. The van der Waals surface area contributed by atoms with E-state index in [0.717, 1.165) is 16.8 Å². The van der Waals surface area contributed by atoms with Crippen molar-refractivity contribution in [1.82, 2.24) is 4.98 Å². The predicted octanol–water partition coefficient (Wildman–Crippen LogP) is 3.79. The Morgan fingerprint density at radius 3 is 2.36 bits per heavy atom. The van der Waals surface area contributed by atoms with Crippen LogP contribution in [0.4, 0.5) is 0 Å². The number of benzene rings is 1. The summed E-state index contributed by atoms with van der Waals surface area (Å²) in [5.41, 5.74) is 3.05. The van der Waals surface area contributed by atoms with Gasteiger partial charge in [-0.15, -0.1) is 11.8 Å². The number of nitriles is 1. The first kappa shape index (κ1) is 22.4. The number of aliphatic hydroxyl groups excluding tert-OH is 1. The number of aryl methyl sites for hydroxylation is 2. The van der Waals surface area contributed by atoms with Crippen LogP contribution < -0.4 is 0 Å². The second kappa shape index (κ2) is 8.64. The quantitative estimate of drug-likeness (QED) is 0.718. The Balaban J connectivity index is 2.08. The summed E-state index contributed by atoms with van der Waals surface area (Å²) in [7, 11) is -3.61. The zero-order valence-electron chi connectivity index (χ0n) is 16.9. The van der Waals surface area contributed by atoms with E-state index in [1.165, 1.54) is 11.8 Å². The van der Waals surface area contributed by atoms with Crippen LogP contribution in [0.25, 0.3) is 0 Å². The third kappa shape index (κ3) is 5.57. The lowest BCUT2D eigenvalue weighted by Crippen LogP contribution is -2.23. The van der Waals surface area contributed by atoms with Gasteiger partial charge in [0.25, 0.3) is 0 Å². The molecule has 7 heteroatoms. The zero-order valence-corrected chi connectivity index (χ0v) is 18.5. The average molecular weight is 419 g/mol. The number of thioether (sulfide) groups is 1. The number of hydrogen-bond acceptors (Lipinski definition) is 6. The minimum absolute atomic E-state index is 0.0597. The number of nitrogens with zero attached hydrogens (tertiary/aromatic N) is 2. The van der Waals surface area contributed by atoms with Crippen molar-refractivity contribution in [3.63, 3.8) is 0 Å². The van der Waals surface area contributed by atoms with Gasteiger partial charge in [0.1, 0.15) is 11.1 Å². The fourth-order valence-corrected chi connectivity index (χ4v) is 5.32. The van der Waals surface area contributed by atoms with Crippen LogP contribution in [0.2, 0.25) is 0 Å². The highest BCUT2D eigenvalue weighted by molar-refractivity contribution is 7.99. The Hall–Kier alpha value is -1.88. The molecule has 1 aromatic heterocycles. The number of rotatable bonds is 6. The SMILES string of the molecule is Cc1cc(C)c(C#N)c(SC[C@H](O)CS(=O)(=O)c2ccc(C(C)(C)C)cc2)n1. The van der Waals surface area contributed by atoms with E-state index >= 15 is 0 Å². The van der Waals surface area contributed by atoms with Crippen molar-refractivity contribution in [3.05, 3.63) is 52.7 Å². The fraction of sp³-hybridized carbons (Fsp3) is 0.429. The van der Waals surface area contributed by atoms with Gasteiger partial charge >= 0.3 is 0 Å². The van der Waals surface area contributed by atoms with Crippen molar-refractivity contribution in [1.29, 1.82) is 5.26 Å². The van der Waals surface area contributed by atoms with E-state index in [1.54, 1.807) is 12.1 Å². The van der Waals surface area contributed by atoms with Gasteiger partial charge in [0.15, 0.2) is 9.84 Å². The van der Waals surface area contributed by atoms with Crippen molar-refractivity contribution >= 4 is 21.6 Å². The summed E-state index contributed by atoms with van der Waals surface area (Å²) in [6.07, 6.45) is -1.06. The predicted molar refractivity (Wildman–Crippen MR) is 112 cm³/mol. The maximum absolute atomic E-state index is 12.6. The van der Waals surface area contributed by atoms with Gasteiger partial charge in [-0.3, -0.25) is 0 Å². The third-order valence-electron chi connectivity index (χ3n) is 4.33. The molecule has 28 heavy (non-hydrogen) atoms. The van der Waals surface area contributed by atoms with E-state index in [4.69, 9.17) is 0 Å². The topological polar surface area (TPSA) is 91.0 Å². The molecule has 1 heterocycles. The van der Waals surface area contributed by atoms with Crippen LogP contribution in [0, 0.1) is 25.2 Å². The summed E-state index contributed by atoms with van der Waals surface area (Å²) in [4.78, 5) is 4.54. The molecular weight excluding hydrogens is 392 g/mol. The van der Waals surface area contributed by atoms with E-state index in [1.807, 2.05) is 32.0 Å². The van der Waals surface area contributed by atoms with Gasteiger partial charge in [0, 0.05) is 11.4 Å². The number of hydrogen-bond donors (Lipinski definition) is 1. The Kier molecular flexibility index (Phi) is 6.92. The van der Waals surface area contributed by atoms with Crippen LogP contribution >= 0.6 is 11.8 Å². The van der Waals surface area contributed by atoms with Crippen LogP contribution in [-0.4, -0.2) is 36.1 Å². The monoisotopic (exact) mass is 418 g/mol. The first-order chi connectivity index (χ1) is 12.9. The molecule has 1 N–H and O–H groups in total. The van der Waals surface area contributed by atoms with Crippen LogP contribution in [0.15, 0.2) is 40.3 Å². The van der Waals surface area contributed by atoms with Crippen molar-refractivity contribution < 1.29 is 13.5 Å². The normalized spacial score (nSPS) is 13.2. The molecule has 150 valence electrons. The molecular formula is C21H26N2O3S2. The van der Waals surface area contributed by atoms with Gasteiger partial charge in [0.05, 0.1) is 22.3 Å². The minimum atomic E-state index is -3.61. The van der Waals surface area contributed by atoms with Crippen LogP contribution in [0.5, 0.6) is 0 Å². The van der Waals surface area contributed by atoms with Crippen molar-refractivity contribution in [2.24, 2.45) is 0 Å². The molecule has 0 aliphatic heterocycles. The maximum Gasteiger partial charge on any atom is 0.180 e. The third-order valence-corrected chi connectivity index (χ3v) is 7.26. The minimum Gasteiger partial charge on any atom is -0.391 e. The summed E-state index contributed by atoms with van der Waals surface area (Å²) >= 11 is 1.20. The van der Waals surface area contributed by atoms with E-state index < -0.39 is 15.9 Å². The molecule has 0 saturated carbocycles. The van der Waals surface area contributed by atoms with Crippen LogP contribution in [0.3, 0.4) is 0 Å². The molecule has 0 unspecified atom stereocenters. The van der Waals surface area contributed by atoms with E-state index in [2.05, 4.69) is 31.8 Å². The van der Waals surface area contributed by atoms with Gasteiger partial charge in [-0.2, -0.15) is 5.26 Å². The molecule has 0 spiro atoms. The highest BCUT2D eigenvalue weighted by atomic mass is 32.2. The molecule has 0 aliphatic rings. The number of aromatic nitrogens is 1. The molecule has 1 aromatic carbocycles. The zero-order chi connectivity index (χ0) is 21.1. The van der Waals surface area contributed by atoms with Crippen molar-refractivity contribution in [2.45, 2.75) is 56.1 Å². The summed E-state index contributed by atoms with van der Waals surface area (Å²) < 4.78 is 25.2. The fourth-order valence-electron chi connectivity index (χ4n) is 2.78. The lowest BCUT2D eigenvalue weighted by Gasteiger charge is -2.19. The highest BCUT2D eigenvalue weighted by Gasteiger charge is 2.22. The van der Waals surface area contributed by atoms with Crippen molar-refractivity contribution in [3.8, 4) is 6.07 Å². The lowest BCUT2D eigenvalue weighted by molar-refractivity contribution is 0.222. The molecule has 2 rings (SSSR count). The van der Waals surface area contributed by atoms with Gasteiger partial charge in [-0.05, 0) is 48.6 Å². The summed E-state index contributed by atoms with van der Waals surface area (Å²) in [6.45, 7) is 9.86. The molecule has 0 aliphatic carbocycles. The summed E-state index contributed by atoms with van der Waals surface area (Å²) in [5, 5.41) is 20.1. The Bertz CT molecular complexity index is 986. The molecule has 0 radical (unpaired) electrons. The molecule has 0 bridgehead atoms.